The molecule has 0 radical (unpaired) electrons. The van der Waals surface area contributed by atoms with Crippen LogP contribution >= 0.6 is 11.6 Å². The molecule has 0 saturated carbocycles. The Labute approximate surface area is 95.9 Å². The fourth-order valence-corrected chi connectivity index (χ4v) is 1.30. The van der Waals surface area contributed by atoms with E-state index in [0.29, 0.717) is 11.1 Å². The van der Waals surface area contributed by atoms with Crippen molar-refractivity contribution in [3.8, 4) is 0 Å². The molecule has 3 nitrogen and oxygen atoms in total. The van der Waals surface area contributed by atoms with Crippen molar-refractivity contribution in [1.29, 1.82) is 0 Å². The van der Waals surface area contributed by atoms with E-state index in [9.17, 15) is 9.18 Å². The molecule has 0 saturated heterocycles. The molecule has 1 heterocycles. The van der Waals surface area contributed by atoms with E-state index in [2.05, 4.69) is 9.97 Å². The first-order valence-electron chi connectivity index (χ1n) is 4.44. The number of carbonyl (C=O) groups excluding carboxylic acids is 1. The molecule has 0 N–H and O–H groups in total. The van der Waals surface area contributed by atoms with Gasteiger partial charge < -0.3 is 0 Å². The Morgan fingerprint density at radius 2 is 1.62 bits per heavy atom. The lowest BCUT2D eigenvalue weighted by Gasteiger charge is -1.99. The van der Waals surface area contributed by atoms with Gasteiger partial charge in [-0.2, -0.15) is 0 Å². The molecule has 1 aromatic carbocycles. The van der Waals surface area contributed by atoms with Crippen LogP contribution in [-0.2, 0) is 0 Å². The Hall–Kier alpha value is -1.81. The van der Waals surface area contributed by atoms with Crippen LogP contribution in [-0.4, -0.2) is 15.8 Å². The van der Waals surface area contributed by atoms with Gasteiger partial charge in [-0.05, 0) is 35.9 Å². The Balaban J connectivity index is 2.32. The number of nitrogens with zero attached hydrogens (tertiary/aromatic N) is 2. The Morgan fingerprint density at radius 3 is 2.19 bits per heavy atom. The van der Waals surface area contributed by atoms with Gasteiger partial charge in [-0.25, -0.2) is 14.4 Å². The van der Waals surface area contributed by atoms with Gasteiger partial charge in [-0.1, -0.05) is 0 Å². The van der Waals surface area contributed by atoms with Gasteiger partial charge >= 0.3 is 0 Å². The van der Waals surface area contributed by atoms with E-state index < -0.39 is 0 Å². The number of hydrogen-bond donors (Lipinski definition) is 0. The van der Waals surface area contributed by atoms with Gasteiger partial charge in [0, 0.05) is 18.0 Å². The topological polar surface area (TPSA) is 42.9 Å². The summed E-state index contributed by atoms with van der Waals surface area (Å²) in [6.07, 6.45) is 2.67. The van der Waals surface area contributed by atoms with Crippen molar-refractivity contribution in [3.63, 3.8) is 0 Å². The van der Waals surface area contributed by atoms with Crippen molar-refractivity contribution in [2.45, 2.75) is 0 Å². The summed E-state index contributed by atoms with van der Waals surface area (Å²) in [5.74, 6) is -0.652. The van der Waals surface area contributed by atoms with E-state index in [4.69, 9.17) is 11.6 Å². The number of aromatic nitrogens is 2. The Bertz CT molecular complexity index is 463. The fraction of sp³-hybridized carbons (Fsp3) is 0. The molecule has 0 aliphatic heterocycles. The van der Waals surface area contributed by atoms with Gasteiger partial charge in [0.25, 0.3) is 0 Å². The predicted octanol–water partition coefficient (Wildman–Crippen LogP) is 2.50. The smallest absolute Gasteiger partial charge is 0.222 e. The van der Waals surface area contributed by atoms with Crippen molar-refractivity contribution in [2.24, 2.45) is 0 Å². The standard InChI is InChI=1S/C11H6ClFN2O/c12-11-14-5-8(6-15-11)10(16)7-1-3-9(13)4-2-7/h1-6H. The monoisotopic (exact) mass is 236 g/mol. The minimum Gasteiger partial charge on any atom is -0.288 e. The highest BCUT2D eigenvalue weighted by Crippen LogP contribution is 2.10. The molecular formula is C11H6ClFN2O. The first-order valence-corrected chi connectivity index (χ1v) is 4.82. The third-order valence-electron chi connectivity index (χ3n) is 1.99. The summed E-state index contributed by atoms with van der Waals surface area (Å²) in [4.78, 5) is 19.2. The van der Waals surface area contributed by atoms with Crippen LogP contribution in [0, 0.1) is 5.82 Å². The molecule has 2 rings (SSSR count). The van der Waals surface area contributed by atoms with E-state index in [1.54, 1.807) is 0 Å². The van der Waals surface area contributed by atoms with Crippen LogP contribution in [0.4, 0.5) is 4.39 Å². The molecule has 0 spiro atoms. The molecular weight excluding hydrogens is 231 g/mol. The molecule has 0 atom stereocenters. The lowest BCUT2D eigenvalue weighted by Crippen LogP contribution is -2.02. The Morgan fingerprint density at radius 1 is 1.06 bits per heavy atom. The van der Waals surface area contributed by atoms with Crippen LogP contribution in [0.1, 0.15) is 15.9 Å². The highest BCUT2D eigenvalue weighted by molar-refractivity contribution is 6.28. The third-order valence-corrected chi connectivity index (χ3v) is 2.18. The van der Waals surface area contributed by atoms with E-state index in [1.807, 2.05) is 0 Å². The molecule has 80 valence electrons. The van der Waals surface area contributed by atoms with Crippen molar-refractivity contribution in [2.75, 3.05) is 0 Å². The molecule has 5 heteroatoms. The molecule has 0 fully saturated rings. The summed E-state index contributed by atoms with van der Waals surface area (Å²) in [7, 11) is 0. The zero-order valence-corrected chi connectivity index (χ0v) is 8.78. The molecule has 0 bridgehead atoms. The van der Waals surface area contributed by atoms with Gasteiger partial charge in [0.1, 0.15) is 5.82 Å². The minimum atomic E-state index is -0.385. The molecule has 0 aliphatic rings. The van der Waals surface area contributed by atoms with E-state index in [-0.39, 0.29) is 16.9 Å². The van der Waals surface area contributed by atoms with Crippen LogP contribution in [0.3, 0.4) is 0 Å². The summed E-state index contributed by atoms with van der Waals surface area (Å²) in [5, 5.41) is 0.0793. The number of rotatable bonds is 2. The maximum Gasteiger partial charge on any atom is 0.222 e. The summed E-state index contributed by atoms with van der Waals surface area (Å²) in [6, 6.07) is 5.27. The van der Waals surface area contributed by atoms with Gasteiger partial charge in [0.05, 0.1) is 5.56 Å². The van der Waals surface area contributed by atoms with E-state index in [1.165, 1.54) is 36.7 Å². The van der Waals surface area contributed by atoms with Crippen LogP contribution in [0.25, 0.3) is 0 Å². The summed E-state index contributed by atoms with van der Waals surface area (Å²) in [6.45, 7) is 0. The maximum atomic E-state index is 12.7. The van der Waals surface area contributed by atoms with Crippen LogP contribution < -0.4 is 0 Å². The lowest BCUT2D eigenvalue weighted by molar-refractivity contribution is 0.103. The summed E-state index contributed by atoms with van der Waals surface area (Å²) in [5.41, 5.74) is 0.698. The van der Waals surface area contributed by atoms with Gasteiger partial charge in [0.15, 0.2) is 5.78 Å². The van der Waals surface area contributed by atoms with Crippen LogP contribution in [0.15, 0.2) is 36.7 Å². The normalized spacial score (nSPS) is 10.1. The summed E-state index contributed by atoms with van der Waals surface area (Å²) < 4.78 is 12.7. The zero-order chi connectivity index (χ0) is 11.5. The quantitative estimate of drug-likeness (QED) is 0.594. The second-order valence-electron chi connectivity index (χ2n) is 3.08. The zero-order valence-electron chi connectivity index (χ0n) is 8.02. The fourth-order valence-electron chi connectivity index (χ4n) is 1.20. The highest BCUT2D eigenvalue weighted by Gasteiger charge is 2.09. The van der Waals surface area contributed by atoms with E-state index in [0.717, 1.165) is 0 Å². The first-order chi connectivity index (χ1) is 7.66. The first kappa shape index (κ1) is 10.7. The van der Waals surface area contributed by atoms with Crippen LogP contribution in [0.5, 0.6) is 0 Å². The van der Waals surface area contributed by atoms with Crippen LogP contribution in [0.2, 0.25) is 5.28 Å². The number of halogens is 2. The predicted molar refractivity (Wildman–Crippen MR) is 56.9 cm³/mol. The number of carbonyl (C=O) groups is 1. The van der Waals surface area contributed by atoms with Crippen molar-refractivity contribution < 1.29 is 9.18 Å². The number of ketones is 1. The average molecular weight is 237 g/mol. The molecule has 0 aliphatic carbocycles. The number of benzene rings is 1. The molecule has 0 amide bonds. The van der Waals surface area contributed by atoms with Gasteiger partial charge in [0.2, 0.25) is 5.28 Å². The largest absolute Gasteiger partial charge is 0.288 e. The molecule has 0 unspecified atom stereocenters. The van der Waals surface area contributed by atoms with E-state index >= 15 is 0 Å². The Kier molecular flexibility index (Phi) is 2.92. The summed E-state index contributed by atoms with van der Waals surface area (Å²) >= 11 is 5.50. The van der Waals surface area contributed by atoms with Crippen molar-refractivity contribution in [3.05, 3.63) is 58.9 Å². The second-order valence-corrected chi connectivity index (χ2v) is 3.41. The maximum absolute atomic E-state index is 12.7. The second kappa shape index (κ2) is 4.37. The van der Waals surface area contributed by atoms with Crippen molar-refractivity contribution >= 4 is 17.4 Å². The molecule has 2 aromatic rings. The lowest BCUT2D eigenvalue weighted by atomic mass is 10.1. The minimum absolute atomic E-state index is 0.0793. The average Bonchev–Trinajstić information content (AvgIpc) is 2.30. The SMILES string of the molecule is O=C(c1ccc(F)cc1)c1cnc(Cl)nc1. The van der Waals surface area contributed by atoms with Gasteiger partial charge in [-0.15, -0.1) is 0 Å². The molecule has 1 aromatic heterocycles. The van der Waals surface area contributed by atoms with Crippen molar-refractivity contribution in [1.82, 2.24) is 9.97 Å². The highest BCUT2D eigenvalue weighted by atomic mass is 35.5. The third kappa shape index (κ3) is 2.23. The number of hydrogen-bond acceptors (Lipinski definition) is 3. The van der Waals surface area contributed by atoms with Gasteiger partial charge in [-0.3, -0.25) is 4.79 Å². The molecule has 16 heavy (non-hydrogen) atoms.